The van der Waals surface area contributed by atoms with Crippen molar-refractivity contribution >= 4 is 33.2 Å². The number of nitrogens with one attached hydrogen (secondary N) is 1. The summed E-state index contributed by atoms with van der Waals surface area (Å²) in [7, 11) is 0.723. The molecular weight excluding hydrogens is 458 g/mol. The van der Waals surface area contributed by atoms with Crippen molar-refractivity contribution < 1.29 is 27.5 Å². The van der Waals surface area contributed by atoms with Crippen molar-refractivity contribution in [1.82, 2.24) is 4.31 Å². The maximum Gasteiger partial charge on any atom is 0.243 e. The molecule has 0 saturated carbocycles. The molecule has 4 rings (SSSR count). The van der Waals surface area contributed by atoms with E-state index >= 15 is 0 Å². The number of nitrogens with zero attached hydrogens (tertiary/aromatic N) is 2. The van der Waals surface area contributed by atoms with E-state index < -0.39 is 27.4 Å². The molecule has 2 aromatic rings. The number of hydrogen-bond acceptors (Lipinski definition) is 6. The van der Waals surface area contributed by atoms with E-state index in [4.69, 9.17) is 9.47 Å². The van der Waals surface area contributed by atoms with Crippen molar-refractivity contribution in [3.8, 4) is 11.5 Å². The van der Waals surface area contributed by atoms with Gasteiger partial charge in [0.1, 0.15) is 17.5 Å². The highest BCUT2D eigenvalue weighted by atomic mass is 32.2. The first kappa shape index (κ1) is 24.0. The Morgan fingerprint density at radius 1 is 1.12 bits per heavy atom. The molecule has 1 atom stereocenters. The molecule has 10 heteroatoms. The summed E-state index contributed by atoms with van der Waals surface area (Å²) in [4.78, 5) is 27.4. The standard InChI is InChI=1S/C24H29N3O6S/c1-24(2)17-14-16(9-11-19(17)26(3)23(24)29)34(30,31)27-12-6-7-20(27)22(28)25-18-10-8-15(32-4)13-21(18)33-5/h8-11,13-14,20H,6-7,12H2,1-5H3,(H,25,28). The maximum absolute atomic E-state index is 13.6. The quantitative estimate of drug-likeness (QED) is 0.672. The second-order valence-electron chi connectivity index (χ2n) is 9.00. The van der Waals surface area contributed by atoms with Crippen LogP contribution in [0.3, 0.4) is 0 Å². The SMILES string of the molecule is COc1ccc(NC(=O)C2CCCN2S(=O)(=O)c2ccc3c(c2)C(C)(C)C(=O)N3C)c(OC)c1. The minimum Gasteiger partial charge on any atom is -0.497 e. The lowest BCUT2D eigenvalue weighted by Gasteiger charge is -2.24. The normalized spacial score (nSPS) is 19.7. The van der Waals surface area contributed by atoms with Gasteiger partial charge in [0.2, 0.25) is 21.8 Å². The van der Waals surface area contributed by atoms with Crippen LogP contribution in [0.1, 0.15) is 32.3 Å². The number of sulfonamides is 1. The van der Waals surface area contributed by atoms with Crippen LogP contribution in [0.15, 0.2) is 41.3 Å². The Hall–Kier alpha value is -3.11. The molecule has 2 heterocycles. The Labute approximate surface area is 199 Å². The molecule has 2 aliphatic rings. The van der Waals surface area contributed by atoms with Crippen molar-refractivity contribution in [2.75, 3.05) is 38.0 Å². The van der Waals surface area contributed by atoms with Gasteiger partial charge in [-0.2, -0.15) is 4.31 Å². The molecule has 0 aromatic heterocycles. The number of carbonyl (C=O) groups is 2. The fourth-order valence-corrected chi connectivity index (χ4v) is 6.34. The molecule has 1 saturated heterocycles. The third kappa shape index (κ3) is 3.80. The molecule has 2 amide bonds. The molecule has 34 heavy (non-hydrogen) atoms. The third-order valence-corrected chi connectivity index (χ3v) is 8.53. The van der Waals surface area contributed by atoms with Gasteiger partial charge in [-0.1, -0.05) is 0 Å². The van der Waals surface area contributed by atoms with Gasteiger partial charge in [0.15, 0.2) is 0 Å². The minimum atomic E-state index is -3.97. The number of anilines is 2. The van der Waals surface area contributed by atoms with Gasteiger partial charge in [0.25, 0.3) is 0 Å². The van der Waals surface area contributed by atoms with Gasteiger partial charge >= 0.3 is 0 Å². The summed E-state index contributed by atoms with van der Waals surface area (Å²) in [5, 5.41) is 2.80. The van der Waals surface area contributed by atoms with Crippen molar-refractivity contribution in [2.45, 2.75) is 43.0 Å². The fourth-order valence-electron chi connectivity index (χ4n) is 4.66. The second-order valence-corrected chi connectivity index (χ2v) is 10.9. The molecule has 9 nitrogen and oxygen atoms in total. The number of amides is 2. The first-order valence-electron chi connectivity index (χ1n) is 11.0. The summed E-state index contributed by atoms with van der Waals surface area (Å²) in [6.45, 7) is 3.80. The summed E-state index contributed by atoms with van der Waals surface area (Å²) in [6, 6.07) is 8.84. The molecule has 1 N–H and O–H groups in total. The Balaban J connectivity index is 1.62. The lowest BCUT2D eigenvalue weighted by Crippen LogP contribution is -2.43. The number of rotatable bonds is 6. The number of likely N-dealkylation sites (N-methyl/N-ethyl adjacent to an activating group) is 1. The van der Waals surface area contributed by atoms with E-state index in [1.165, 1.54) is 24.6 Å². The number of methoxy groups -OCH3 is 2. The molecule has 0 radical (unpaired) electrons. The number of carbonyl (C=O) groups excluding carboxylic acids is 2. The highest BCUT2D eigenvalue weighted by Gasteiger charge is 2.44. The van der Waals surface area contributed by atoms with Crippen LogP contribution in [-0.4, -0.2) is 58.4 Å². The van der Waals surface area contributed by atoms with Crippen molar-refractivity contribution in [1.29, 1.82) is 0 Å². The first-order valence-corrected chi connectivity index (χ1v) is 12.4. The zero-order chi connectivity index (χ0) is 24.8. The average Bonchev–Trinajstić information content (AvgIpc) is 3.39. The van der Waals surface area contributed by atoms with E-state index in [-0.39, 0.29) is 17.3 Å². The summed E-state index contributed by atoms with van der Waals surface area (Å²) >= 11 is 0. The van der Waals surface area contributed by atoms with Crippen molar-refractivity contribution in [3.63, 3.8) is 0 Å². The zero-order valence-corrected chi connectivity index (χ0v) is 20.7. The molecule has 182 valence electrons. The van der Waals surface area contributed by atoms with Crippen LogP contribution < -0.4 is 19.7 Å². The van der Waals surface area contributed by atoms with E-state index in [0.29, 0.717) is 41.3 Å². The van der Waals surface area contributed by atoms with E-state index in [0.717, 1.165) is 0 Å². The van der Waals surface area contributed by atoms with Crippen molar-refractivity contribution in [3.05, 3.63) is 42.0 Å². The van der Waals surface area contributed by atoms with Gasteiger partial charge in [-0.15, -0.1) is 0 Å². The summed E-state index contributed by atoms with van der Waals surface area (Å²) < 4.78 is 38.9. The fraction of sp³-hybridized carbons (Fsp3) is 0.417. The second kappa shape index (κ2) is 8.59. The van der Waals surface area contributed by atoms with Crippen LogP contribution in [0.2, 0.25) is 0 Å². The molecule has 1 unspecified atom stereocenters. The van der Waals surface area contributed by atoms with Crippen LogP contribution in [-0.2, 0) is 25.0 Å². The lowest BCUT2D eigenvalue weighted by atomic mass is 9.86. The number of benzene rings is 2. The largest absolute Gasteiger partial charge is 0.497 e. The zero-order valence-electron chi connectivity index (χ0n) is 19.9. The third-order valence-electron chi connectivity index (χ3n) is 6.62. The smallest absolute Gasteiger partial charge is 0.243 e. The topological polar surface area (TPSA) is 105 Å². The van der Waals surface area contributed by atoms with Gasteiger partial charge in [-0.3, -0.25) is 9.59 Å². The monoisotopic (exact) mass is 487 g/mol. The van der Waals surface area contributed by atoms with E-state index in [9.17, 15) is 18.0 Å². The number of ether oxygens (including phenoxy) is 2. The summed E-state index contributed by atoms with van der Waals surface area (Å²) in [5.41, 5.74) is 0.946. The predicted octanol–water partition coefficient (Wildman–Crippen LogP) is 2.75. The molecule has 0 bridgehead atoms. The maximum atomic E-state index is 13.6. The van der Waals surface area contributed by atoms with Gasteiger partial charge in [-0.05, 0) is 62.6 Å². The molecular formula is C24H29N3O6S. The number of hydrogen-bond donors (Lipinski definition) is 1. The highest BCUT2D eigenvalue weighted by molar-refractivity contribution is 7.89. The lowest BCUT2D eigenvalue weighted by molar-refractivity contribution is -0.122. The first-order chi connectivity index (χ1) is 16.0. The Kier molecular flexibility index (Phi) is 6.07. The highest BCUT2D eigenvalue weighted by Crippen LogP contribution is 2.42. The van der Waals surface area contributed by atoms with E-state index in [2.05, 4.69) is 5.32 Å². The van der Waals surface area contributed by atoms with Crippen LogP contribution >= 0.6 is 0 Å². The minimum absolute atomic E-state index is 0.0733. The predicted molar refractivity (Wildman–Crippen MR) is 128 cm³/mol. The molecule has 2 aliphatic heterocycles. The Morgan fingerprint density at radius 3 is 2.53 bits per heavy atom. The van der Waals surface area contributed by atoms with Gasteiger partial charge in [-0.25, -0.2) is 8.42 Å². The van der Waals surface area contributed by atoms with Crippen molar-refractivity contribution in [2.24, 2.45) is 0 Å². The molecule has 0 aliphatic carbocycles. The molecule has 0 spiro atoms. The van der Waals surface area contributed by atoms with Crippen LogP contribution in [0.4, 0.5) is 11.4 Å². The van der Waals surface area contributed by atoms with Gasteiger partial charge in [0, 0.05) is 25.3 Å². The summed E-state index contributed by atoms with van der Waals surface area (Å²) in [5.74, 6) is 0.461. The molecule has 1 fully saturated rings. The van der Waals surface area contributed by atoms with Crippen LogP contribution in [0.25, 0.3) is 0 Å². The van der Waals surface area contributed by atoms with E-state index in [1.54, 1.807) is 56.1 Å². The van der Waals surface area contributed by atoms with Gasteiger partial charge < -0.3 is 19.7 Å². The average molecular weight is 488 g/mol. The molecule has 2 aromatic carbocycles. The van der Waals surface area contributed by atoms with Crippen LogP contribution in [0, 0.1) is 0 Å². The Bertz CT molecular complexity index is 1260. The van der Waals surface area contributed by atoms with Gasteiger partial charge in [0.05, 0.1) is 30.2 Å². The Morgan fingerprint density at radius 2 is 1.85 bits per heavy atom. The number of fused-ring (bicyclic) bond motifs is 1. The van der Waals surface area contributed by atoms with Crippen LogP contribution in [0.5, 0.6) is 11.5 Å². The summed E-state index contributed by atoms with van der Waals surface area (Å²) in [6.07, 6.45) is 0.968. The van der Waals surface area contributed by atoms with E-state index in [1.807, 2.05) is 0 Å².